The third-order valence-electron chi connectivity index (χ3n) is 5.13. The Balaban J connectivity index is 1.69. The van der Waals surface area contributed by atoms with Crippen LogP contribution in [0.25, 0.3) is 0 Å². The Hall–Kier alpha value is -2.32. The van der Waals surface area contributed by atoms with Crippen LogP contribution in [0.1, 0.15) is 68.2 Å². The smallest absolute Gasteiger partial charge is 0.349 e. The molecular formula is C19H26F3N5O. The summed E-state index contributed by atoms with van der Waals surface area (Å²) >= 11 is 0. The van der Waals surface area contributed by atoms with Crippen molar-refractivity contribution in [2.45, 2.75) is 71.8 Å². The lowest BCUT2D eigenvalue weighted by molar-refractivity contribution is -0.141. The van der Waals surface area contributed by atoms with Gasteiger partial charge in [-0.3, -0.25) is 14.2 Å². The molecule has 2 atom stereocenters. The minimum Gasteiger partial charge on any atom is -0.349 e. The van der Waals surface area contributed by atoms with Crippen molar-refractivity contribution in [1.29, 1.82) is 0 Å². The summed E-state index contributed by atoms with van der Waals surface area (Å²) in [5.74, 6) is -0.621. The molecule has 2 heterocycles. The molecule has 0 saturated heterocycles. The first-order valence-corrected chi connectivity index (χ1v) is 9.59. The summed E-state index contributed by atoms with van der Waals surface area (Å²) in [5, 5.41) is 11.0. The molecule has 0 bridgehead atoms. The molecular weight excluding hydrogens is 371 g/mol. The molecule has 9 heteroatoms. The predicted octanol–water partition coefficient (Wildman–Crippen LogP) is 3.82. The van der Waals surface area contributed by atoms with E-state index in [-0.39, 0.29) is 24.4 Å². The first-order valence-electron chi connectivity index (χ1n) is 9.59. The van der Waals surface area contributed by atoms with Crippen LogP contribution in [-0.2, 0) is 24.1 Å². The number of alkyl halides is 3. The average Bonchev–Trinajstić information content (AvgIpc) is 3.25. The van der Waals surface area contributed by atoms with Gasteiger partial charge in [-0.1, -0.05) is 6.92 Å². The van der Waals surface area contributed by atoms with Gasteiger partial charge in [0.2, 0.25) is 5.91 Å². The Morgan fingerprint density at radius 1 is 1.32 bits per heavy atom. The lowest BCUT2D eigenvalue weighted by atomic mass is 10.1. The normalized spacial score (nSPS) is 16.8. The Morgan fingerprint density at radius 3 is 2.54 bits per heavy atom. The largest absolute Gasteiger partial charge is 0.435 e. The van der Waals surface area contributed by atoms with Crippen LogP contribution in [-0.4, -0.2) is 25.5 Å². The molecule has 2 aromatic heterocycles. The molecule has 1 aliphatic carbocycles. The molecule has 2 aromatic rings. The van der Waals surface area contributed by atoms with Crippen molar-refractivity contribution in [3.63, 3.8) is 0 Å². The number of hydrogen-bond acceptors (Lipinski definition) is 3. The maximum absolute atomic E-state index is 13.0. The van der Waals surface area contributed by atoms with Crippen molar-refractivity contribution in [2.24, 2.45) is 5.92 Å². The van der Waals surface area contributed by atoms with Crippen LogP contribution >= 0.6 is 0 Å². The Kier molecular flexibility index (Phi) is 5.54. The molecule has 1 N–H and O–H groups in total. The average molecular weight is 397 g/mol. The number of carbonyl (C=O) groups excluding carboxylic acids is 1. The zero-order valence-corrected chi connectivity index (χ0v) is 16.5. The second-order valence-electron chi connectivity index (χ2n) is 7.57. The molecule has 2 unspecified atom stereocenters. The van der Waals surface area contributed by atoms with E-state index < -0.39 is 17.8 Å². The minimum absolute atomic E-state index is 0.111. The topological polar surface area (TPSA) is 64.7 Å². The highest BCUT2D eigenvalue weighted by molar-refractivity contribution is 5.78. The third kappa shape index (κ3) is 4.39. The number of aryl methyl sites for hydroxylation is 2. The van der Waals surface area contributed by atoms with E-state index in [0.717, 1.165) is 36.7 Å². The fraction of sp³-hybridized carbons (Fsp3) is 0.632. The molecule has 0 radical (unpaired) electrons. The summed E-state index contributed by atoms with van der Waals surface area (Å²) in [5.41, 5.74) is 1.46. The van der Waals surface area contributed by atoms with E-state index in [2.05, 4.69) is 15.5 Å². The zero-order chi connectivity index (χ0) is 20.6. The summed E-state index contributed by atoms with van der Waals surface area (Å²) in [6, 6.07) is 0.884. The van der Waals surface area contributed by atoms with Crippen molar-refractivity contribution in [2.75, 3.05) is 0 Å². The monoisotopic (exact) mass is 397 g/mol. The number of aromatic nitrogens is 4. The van der Waals surface area contributed by atoms with E-state index >= 15 is 0 Å². The molecule has 0 aromatic carbocycles. The van der Waals surface area contributed by atoms with Gasteiger partial charge < -0.3 is 5.32 Å². The highest BCUT2D eigenvalue weighted by atomic mass is 19.4. The van der Waals surface area contributed by atoms with Gasteiger partial charge in [0.15, 0.2) is 5.69 Å². The summed E-state index contributed by atoms with van der Waals surface area (Å²) in [7, 11) is 0. The minimum atomic E-state index is -4.48. The maximum atomic E-state index is 13.0. The number of hydrogen-bond donors (Lipinski definition) is 1. The fourth-order valence-electron chi connectivity index (χ4n) is 3.32. The second-order valence-corrected chi connectivity index (χ2v) is 7.57. The van der Waals surface area contributed by atoms with Gasteiger partial charge in [-0.25, -0.2) is 0 Å². The first kappa shape index (κ1) is 20.4. The van der Waals surface area contributed by atoms with E-state index in [0.29, 0.717) is 5.69 Å². The number of halogens is 3. The third-order valence-corrected chi connectivity index (χ3v) is 5.13. The summed E-state index contributed by atoms with van der Waals surface area (Å²) < 4.78 is 42.2. The van der Waals surface area contributed by atoms with Crippen molar-refractivity contribution in [3.05, 3.63) is 34.9 Å². The van der Waals surface area contributed by atoms with Crippen LogP contribution in [0.2, 0.25) is 0 Å². The van der Waals surface area contributed by atoms with Crippen LogP contribution in [0.4, 0.5) is 13.2 Å². The van der Waals surface area contributed by atoms with Gasteiger partial charge in [0.05, 0.1) is 24.2 Å². The molecule has 6 nitrogen and oxygen atoms in total. The molecule has 1 saturated carbocycles. The van der Waals surface area contributed by atoms with Gasteiger partial charge in [0.1, 0.15) is 0 Å². The molecule has 1 fully saturated rings. The fourth-order valence-corrected chi connectivity index (χ4v) is 3.32. The number of nitrogens with one attached hydrogen (secondary N) is 1. The highest BCUT2D eigenvalue weighted by Gasteiger charge is 2.38. The predicted molar refractivity (Wildman–Crippen MR) is 97.6 cm³/mol. The molecule has 1 amide bonds. The standard InChI is InChI=1S/C19H26F3N5O/c1-5-26-10-15(13(4)24-26)12(3)23-18(28)11(2)9-27-16(14-6-7-14)8-17(25-27)19(20,21)22/h8,10-12,14H,5-7,9H2,1-4H3,(H,23,28). The SMILES string of the molecule is CCn1cc(C(C)NC(=O)C(C)Cn2nc(C(F)(F)F)cc2C2CC2)c(C)n1. The molecule has 28 heavy (non-hydrogen) atoms. The van der Waals surface area contributed by atoms with Crippen LogP contribution in [0.15, 0.2) is 12.3 Å². The maximum Gasteiger partial charge on any atom is 0.435 e. The van der Waals surface area contributed by atoms with Crippen LogP contribution in [0, 0.1) is 12.8 Å². The van der Waals surface area contributed by atoms with E-state index in [1.807, 2.05) is 27.0 Å². The lowest BCUT2D eigenvalue weighted by Gasteiger charge is -2.18. The lowest BCUT2D eigenvalue weighted by Crippen LogP contribution is -2.34. The Morgan fingerprint density at radius 2 is 2.00 bits per heavy atom. The van der Waals surface area contributed by atoms with E-state index in [1.54, 1.807) is 11.6 Å². The van der Waals surface area contributed by atoms with Gasteiger partial charge in [-0.15, -0.1) is 0 Å². The number of carbonyl (C=O) groups is 1. The number of nitrogens with zero attached hydrogens (tertiary/aromatic N) is 4. The van der Waals surface area contributed by atoms with E-state index in [4.69, 9.17) is 0 Å². The van der Waals surface area contributed by atoms with Gasteiger partial charge in [0.25, 0.3) is 0 Å². The van der Waals surface area contributed by atoms with E-state index in [9.17, 15) is 18.0 Å². The Labute approximate surface area is 162 Å². The van der Waals surface area contributed by atoms with E-state index in [1.165, 1.54) is 4.68 Å². The molecule has 1 aliphatic rings. The van der Waals surface area contributed by atoms with Crippen molar-refractivity contribution < 1.29 is 18.0 Å². The summed E-state index contributed by atoms with van der Waals surface area (Å²) in [4.78, 5) is 12.6. The van der Waals surface area contributed by atoms with Gasteiger partial charge >= 0.3 is 6.18 Å². The van der Waals surface area contributed by atoms with Gasteiger partial charge in [-0.05, 0) is 39.7 Å². The molecule has 0 aliphatic heterocycles. The summed E-state index contributed by atoms with van der Waals surface area (Å²) in [6.07, 6.45) is -0.853. The second kappa shape index (κ2) is 7.60. The Bertz CT molecular complexity index is 850. The van der Waals surface area contributed by atoms with Crippen molar-refractivity contribution in [3.8, 4) is 0 Å². The quantitative estimate of drug-likeness (QED) is 0.773. The zero-order valence-electron chi connectivity index (χ0n) is 16.5. The highest BCUT2D eigenvalue weighted by Crippen LogP contribution is 2.42. The number of rotatable bonds is 7. The van der Waals surface area contributed by atoms with Crippen molar-refractivity contribution >= 4 is 5.91 Å². The van der Waals surface area contributed by atoms with Gasteiger partial charge in [0, 0.05) is 29.9 Å². The van der Waals surface area contributed by atoms with Crippen molar-refractivity contribution in [1.82, 2.24) is 24.9 Å². The number of amides is 1. The van der Waals surface area contributed by atoms with Crippen LogP contribution in [0.5, 0.6) is 0 Å². The van der Waals surface area contributed by atoms with Crippen LogP contribution in [0.3, 0.4) is 0 Å². The van der Waals surface area contributed by atoms with Gasteiger partial charge in [-0.2, -0.15) is 23.4 Å². The molecule has 0 spiro atoms. The first-order chi connectivity index (χ1) is 13.1. The molecule has 3 rings (SSSR count). The molecule has 154 valence electrons. The van der Waals surface area contributed by atoms with Crippen LogP contribution < -0.4 is 5.32 Å². The summed E-state index contributed by atoms with van der Waals surface area (Å²) in [6.45, 7) is 8.31.